The Bertz CT molecular complexity index is 652. The average Bonchev–Trinajstić information content (AvgIpc) is 2.25. The van der Waals surface area contributed by atoms with E-state index in [4.69, 9.17) is 4.55 Å². The number of hydrogen-bond acceptors (Lipinski definition) is 7. The molecule has 0 heterocycles. The van der Waals surface area contributed by atoms with Crippen LogP contribution in [0.4, 0.5) is 0 Å². The molecule has 11 heteroatoms. The van der Waals surface area contributed by atoms with E-state index in [1.165, 1.54) is 0 Å². The number of benzene rings is 1. The van der Waals surface area contributed by atoms with Gasteiger partial charge in [0.1, 0.15) is 10.9 Å². The molecule has 1 N–H and O–H groups in total. The molecule has 0 fully saturated rings. The number of Topliss-reactive ketones (excluding diaryl/α,β-unsaturated/α-hetero) is 1. The molecule has 0 aliphatic heterocycles. The van der Waals surface area contributed by atoms with Gasteiger partial charge in [-0.1, -0.05) is 12.1 Å². The summed E-state index contributed by atoms with van der Waals surface area (Å²) in [6.45, 7) is 0. The number of hydrogen-bond donors (Lipinski definition) is 1. The van der Waals surface area contributed by atoms with Crippen LogP contribution in [0.25, 0.3) is 0 Å². The topological polar surface area (TPSA) is 152 Å². The summed E-state index contributed by atoms with van der Waals surface area (Å²) in [6, 6.07) is 2.40. The van der Waals surface area contributed by atoms with Crippen LogP contribution in [-0.2, 0) is 14.9 Å². The van der Waals surface area contributed by atoms with Crippen LogP contribution in [0.2, 0.25) is 0 Å². The van der Waals surface area contributed by atoms with Crippen molar-refractivity contribution in [1.82, 2.24) is 0 Å². The number of carbonyl (C=O) groups excluding carboxylic acids is 3. The smallest absolute Gasteiger partial charge is 0.545 e. The first-order valence-electron chi connectivity index (χ1n) is 4.23. The Labute approximate surface area is 157 Å². The summed E-state index contributed by atoms with van der Waals surface area (Å²) in [4.78, 5) is 30.8. The van der Waals surface area contributed by atoms with Gasteiger partial charge in [-0.3, -0.25) is 9.35 Å². The molecule has 0 aliphatic rings. The Kier molecular flexibility index (Phi) is 9.08. The third kappa shape index (κ3) is 4.93. The van der Waals surface area contributed by atoms with Gasteiger partial charge in [-0.05, 0) is 6.07 Å². The molecule has 0 unspecified atom stereocenters. The summed E-state index contributed by atoms with van der Waals surface area (Å²) >= 11 is 0. The fourth-order valence-electron chi connectivity index (χ4n) is 1.26. The minimum atomic E-state index is -5.12. The second kappa shape index (κ2) is 8.25. The van der Waals surface area contributed by atoms with E-state index >= 15 is 0 Å². The van der Waals surface area contributed by atoms with E-state index in [2.05, 4.69) is 0 Å². The SMILES string of the molecule is O=C([O-])C(=O)c1cccc(C(=O)[O-])c1S(=O)(=O)O.[Na+].[Na+]. The molecule has 8 nitrogen and oxygen atoms in total. The van der Waals surface area contributed by atoms with Crippen LogP contribution in [0.15, 0.2) is 23.1 Å². The Hall–Kier alpha value is -0.260. The Balaban J connectivity index is 0. The van der Waals surface area contributed by atoms with E-state index in [-0.39, 0.29) is 59.1 Å². The van der Waals surface area contributed by atoms with E-state index in [1.54, 1.807) is 0 Å². The van der Waals surface area contributed by atoms with E-state index in [1.807, 2.05) is 0 Å². The van der Waals surface area contributed by atoms with Crippen LogP contribution >= 0.6 is 0 Å². The summed E-state index contributed by atoms with van der Waals surface area (Å²) in [5.41, 5.74) is -2.04. The minimum Gasteiger partial charge on any atom is -0.545 e. The van der Waals surface area contributed by atoms with Crippen molar-refractivity contribution in [2.75, 3.05) is 0 Å². The molecule has 0 spiro atoms. The predicted molar refractivity (Wildman–Crippen MR) is 49.9 cm³/mol. The zero-order valence-corrected chi connectivity index (χ0v) is 15.3. The Morgan fingerprint density at radius 3 is 1.80 bits per heavy atom. The molecule has 1 aromatic rings. The fraction of sp³-hybridized carbons (Fsp3) is 0. The molecule has 0 radical (unpaired) electrons. The summed E-state index contributed by atoms with van der Waals surface area (Å²) in [6.07, 6.45) is 0. The van der Waals surface area contributed by atoms with Crippen molar-refractivity contribution in [2.45, 2.75) is 4.90 Å². The standard InChI is InChI=1S/C9H6O8S.2Na/c10-6(9(13)14)4-2-1-3-5(8(11)12)7(4)18(15,16)17;;/h1-3H,(H,11,12)(H,13,14)(H,15,16,17);;/q;2*+1/p-2. The van der Waals surface area contributed by atoms with Gasteiger partial charge in [-0.2, -0.15) is 8.42 Å². The molecule has 1 rings (SSSR count). The van der Waals surface area contributed by atoms with Gasteiger partial charge in [-0.25, -0.2) is 0 Å². The van der Waals surface area contributed by atoms with Gasteiger partial charge >= 0.3 is 59.1 Å². The predicted octanol–water partition coefficient (Wildman–Crippen LogP) is -8.76. The van der Waals surface area contributed by atoms with Crippen LogP contribution in [0.5, 0.6) is 0 Å². The van der Waals surface area contributed by atoms with Crippen molar-refractivity contribution in [3.8, 4) is 0 Å². The summed E-state index contributed by atoms with van der Waals surface area (Å²) in [5.74, 6) is -6.00. The summed E-state index contributed by atoms with van der Waals surface area (Å²) < 4.78 is 30.9. The van der Waals surface area contributed by atoms with Gasteiger partial charge in [0.15, 0.2) is 0 Å². The van der Waals surface area contributed by atoms with Crippen molar-refractivity contribution in [1.29, 1.82) is 0 Å². The number of carboxylic acid groups (broad SMARTS) is 2. The van der Waals surface area contributed by atoms with Crippen molar-refractivity contribution in [3.63, 3.8) is 0 Å². The first-order chi connectivity index (χ1) is 8.16. The van der Waals surface area contributed by atoms with E-state index < -0.39 is 43.9 Å². The number of aliphatic carboxylic acids is 1. The number of aromatic carboxylic acids is 1. The van der Waals surface area contributed by atoms with Gasteiger partial charge in [0.25, 0.3) is 10.1 Å². The fourth-order valence-corrected chi connectivity index (χ4v) is 2.13. The average molecular weight is 318 g/mol. The molecule has 0 saturated carbocycles. The third-order valence-corrected chi connectivity index (χ3v) is 2.88. The maximum Gasteiger partial charge on any atom is 1.00 e. The first kappa shape index (κ1) is 22.0. The zero-order valence-electron chi connectivity index (χ0n) is 10.4. The van der Waals surface area contributed by atoms with Crippen molar-refractivity contribution >= 4 is 27.8 Å². The zero-order chi connectivity index (χ0) is 14.1. The van der Waals surface area contributed by atoms with E-state index in [0.29, 0.717) is 0 Å². The van der Waals surface area contributed by atoms with Gasteiger partial charge in [0.2, 0.25) is 5.78 Å². The Morgan fingerprint density at radius 1 is 1.00 bits per heavy atom. The molecule has 20 heavy (non-hydrogen) atoms. The molecular weight excluding hydrogens is 314 g/mol. The van der Waals surface area contributed by atoms with Crippen molar-refractivity contribution in [2.24, 2.45) is 0 Å². The van der Waals surface area contributed by atoms with Gasteiger partial charge in [0, 0.05) is 11.1 Å². The van der Waals surface area contributed by atoms with Crippen LogP contribution < -0.4 is 69.3 Å². The normalized spacial score (nSPS) is 9.85. The number of rotatable bonds is 4. The molecule has 96 valence electrons. The second-order valence-corrected chi connectivity index (χ2v) is 4.42. The first-order valence-corrected chi connectivity index (χ1v) is 5.67. The molecule has 0 atom stereocenters. The Morgan fingerprint density at radius 2 is 1.45 bits per heavy atom. The molecule has 0 aromatic heterocycles. The van der Waals surface area contributed by atoms with Crippen LogP contribution in [0.1, 0.15) is 20.7 Å². The largest absolute Gasteiger partial charge is 1.00 e. The number of carboxylic acids is 2. The van der Waals surface area contributed by atoms with E-state index in [0.717, 1.165) is 18.2 Å². The quantitative estimate of drug-likeness (QED) is 0.249. The molecule has 0 aliphatic carbocycles. The van der Waals surface area contributed by atoms with Gasteiger partial charge < -0.3 is 19.8 Å². The molecule has 0 saturated heterocycles. The monoisotopic (exact) mass is 318 g/mol. The van der Waals surface area contributed by atoms with Gasteiger partial charge in [-0.15, -0.1) is 0 Å². The van der Waals surface area contributed by atoms with Crippen molar-refractivity contribution < 1.29 is 96.7 Å². The molecule has 1 aromatic carbocycles. The molecular formula is C9H4Na2O8S. The maximum atomic E-state index is 11.1. The van der Waals surface area contributed by atoms with Crippen LogP contribution in [0.3, 0.4) is 0 Å². The molecule has 0 amide bonds. The number of carbonyl (C=O) groups is 3. The number of ketones is 1. The third-order valence-electron chi connectivity index (χ3n) is 1.92. The van der Waals surface area contributed by atoms with Gasteiger partial charge in [0.05, 0.1) is 5.97 Å². The minimum absolute atomic E-state index is 0. The van der Waals surface area contributed by atoms with Crippen LogP contribution in [-0.4, -0.2) is 30.7 Å². The summed E-state index contributed by atoms with van der Waals surface area (Å²) in [7, 11) is -5.12. The second-order valence-electron chi connectivity index (χ2n) is 3.06. The van der Waals surface area contributed by atoms with Crippen molar-refractivity contribution in [3.05, 3.63) is 29.3 Å². The molecule has 0 bridgehead atoms. The summed E-state index contributed by atoms with van der Waals surface area (Å²) in [5, 5.41) is 21.0. The maximum absolute atomic E-state index is 11.1. The van der Waals surface area contributed by atoms with E-state index in [9.17, 15) is 33.0 Å². The van der Waals surface area contributed by atoms with Crippen LogP contribution in [0, 0.1) is 0 Å².